The highest BCUT2D eigenvalue weighted by Crippen LogP contribution is 2.28. The van der Waals surface area contributed by atoms with Gasteiger partial charge in [0.25, 0.3) is 0 Å². The van der Waals surface area contributed by atoms with Crippen LogP contribution in [0, 0.1) is 5.41 Å². The normalized spacial score (nSPS) is 11.4. The molecule has 0 aliphatic heterocycles. The van der Waals surface area contributed by atoms with Crippen molar-refractivity contribution in [2.24, 2.45) is 11.1 Å². The van der Waals surface area contributed by atoms with Crippen LogP contribution >= 0.6 is 0 Å². The Morgan fingerprint density at radius 2 is 1.88 bits per heavy atom. The van der Waals surface area contributed by atoms with Crippen molar-refractivity contribution in [1.29, 1.82) is 0 Å². The fraction of sp³-hybridized carbons (Fsp3) is 0.571. The molecule has 0 atom stereocenters. The van der Waals surface area contributed by atoms with Gasteiger partial charge in [-0.05, 0) is 48.6 Å². The Balaban J connectivity index is 2.81. The minimum Gasteiger partial charge on any atom is -0.497 e. The van der Waals surface area contributed by atoms with Crippen molar-refractivity contribution in [2.75, 3.05) is 20.8 Å². The smallest absolute Gasteiger partial charge is 0.122 e. The highest BCUT2D eigenvalue weighted by molar-refractivity contribution is 5.40. The van der Waals surface area contributed by atoms with Gasteiger partial charge in [-0.1, -0.05) is 13.8 Å². The highest BCUT2D eigenvalue weighted by Gasteiger charge is 2.16. The number of methoxy groups -OCH3 is 2. The number of nitrogens with two attached hydrogens (primary N) is 1. The van der Waals surface area contributed by atoms with Crippen molar-refractivity contribution in [3.05, 3.63) is 23.8 Å². The van der Waals surface area contributed by atoms with Gasteiger partial charge in [-0.15, -0.1) is 0 Å². The number of aryl methyl sites for hydroxylation is 1. The summed E-state index contributed by atoms with van der Waals surface area (Å²) in [7, 11) is 3.37. The Morgan fingerprint density at radius 1 is 1.18 bits per heavy atom. The first-order valence-electron chi connectivity index (χ1n) is 5.93. The molecule has 0 radical (unpaired) electrons. The third-order valence-corrected chi connectivity index (χ3v) is 3.11. The van der Waals surface area contributed by atoms with E-state index in [2.05, 4.69) is 13.8 Å². The molecule has 0 saturated heterocycles. The number of benzene rings is 1. The fourth-order valence-corrected chi connectivity index (χ4v) is 1.65. The molecule has 2 N–H and O–H groups in total. The average molecular weight is 237 g/mol. The van der Waals surface area contributed by atoms with E-state index in [1.165, 1.54) is 5.56 Å². The molecule has 0 unspecified atom stereocenters. The molecular weight excluding hydrogens is 214 g/mol. The molecule has 0 heterocycles. The number of rotatable bonds is 6. The number of hydrogen-bond donors (Lipinski definition) is 1. The summed E-state index contributed by atoms with van der Waals surface area (Å²) >= 11 is 0. The predicted octanol–water partition coefficient (Wildman–Crippen LogP) is 2.62. The summed E-state index contributed by atoms with van der Waals surface area (Å²) in [6, 6.07) is 5.89. The van der Waals surface area contributed by atoms with E-state index >= 15 is 0 Å². The minimum absolute atomic E-state index is 0.161. The summed E-state index contributed by atoms with van der Waals surface area (Å²) in [4.78, 5) is 0. The second-order valence-corrected chi connectivity index (χ2v) is 5.05. The van der Waals surface area contributed by atoms with E-state index in [4.69, 9.17) is 15.2 Å². The molecule has 0 fully saturated rings. The van der Waals surface area contributed by atoms with Gasteiger partial charge < -0.3 is 15.2 Å². The molecule has 0 bridgehead atoms. The molecule has 0 amide bonds. The molecule has 0 aromatic heterocycles. The van der Waals surface area contributed by atoms with Crippen LogP contribution in [0.25, 0.3) is 0 Å². The first kappa shape index (κ1) is 13.8. The van der Waals surface area contributed by atoms with Crippen LogP contribution in [0.4, 0.5) is 0 Å². The summed E-state index contributed by atoms with van der Waals surface area (Å²) in [5.74, 6) is 1.78. The van der Waals surface area contributed by atoms with E-state index in [1.807, 2.05) is 18.2 Å². The van der Waals surface area contributed by atoms with Gasteiger partial charge in [0.15, 0.2) is 0 Å². The molecule has 0 aliphatic rings. The van der Waals surface area contributed by atoms with Crippen LogP contribution in [0.15, 0.2) is 18.2 Å². The Kier molecular flexibility index (Phi) is 4.82. The standard InChI is InChI=1S/C14H23NO2/c1-14(2,10-15)8-7-11-9-12(16-3)5-6-13(11)17-4/h5-6,9H,7-8,10,15H2,1-4H3. The second kappa shape index (κ2) is 5.92. The van der Waals surface area contributed by atoms with Gasteiger partial charge in [-0.25, -0.2) is 0 Å². The lowest BCUT2D eigenvalue weighted by Crippen LogP contribution is -2.24. The van der Waals surface area contributed by atoms with E-state index < -0.39 is 0 Å². The summed E-state index contributed by atoms with van der Waals surface area (Å²) in [6.45, 7) is 5.05. The number of ether oxygens (including phenoxy) is 2. The quantitative estimate of drug-likeness (QED) is 0.827. The maximum atomic E-state index is 5.74. The van der Waals surface area contributed by atoms with Gasteiger partial charge in [-0.3, -0.25) is 0 Å². The van der Waals surface area contributed by atoms with Crippen molar-refractivity contribution in [2.45, 2.75) is 26.7 Å². The number of hydrogen-bond acceptors (Lipinski definition) is 3. The predicted molar refractivity (Wildman–Crippen MR) is 70.7 cm³/mol. The van der Waals surface area contributed by atoms with Crippen LogP contribution in [0.5, 0.6) is 11.5 Å². The van der Waals surface area contributed by atoms with Gasteiger partial charge in [-0.2, -0.15) is 0 Å². The van der Waals surface area contributed by atoms with E-state index in [1.54, 1.807) is 14.2 Å². The Bertz CT molecular complexity index is 361. The van der Waals surface area contributed by atoms with Crippen LogP contribution in [-0.4, -0.2) is 20.8 Å². The molecule has 3 nitrogen and oxygen atoms in total. The summed E-state index contributed by atoms with van der Waals surface area (Å²) < 4.78 is 10.6. The lowest BCUT2D eigenvalue weighted by Gasteiger charge is -2.22. The lowest BCUT2D eigenvalue weighted by atomic mass is 9.86. The third kappa shape index (κ3) is 3.93. The summed E-state index contributed by atoms with van der Waals surface area (Å²) in [5.41, 5.74) is 7.08. The van der Waals surface area contributed by atoms with E-state index in [0.717, 1.165) is 24.3 Å². The van der Waals surface area contributed by atoms with Crippen molar-refractivity contribution in [3.63, 3.8) is 0 Å². The molecule has 0 spiro atoms. The van der Waals surface area contributed by atoms with Gasteiger partial charge in [0, 0.05) is 0 Å². The first-order valence-corrected chi connectivity index (χ1v) is 5.93. The Hall–Kier alpha value is -1.22. The Labute approximate surface area is 104 Å². The van der Waals surface area contributed by atoms with Crippen LogP contribution in [0.3, 0.4) is 0 Å². The van der Waals surface area contributed by atoms with Crippen molar-refractivity contribution < 1.29 is 9.47 Å². The monoisotopic (exact) mass is 237 g/mol. The van der Waals surface area contributed by atoms with Crippen molar-refractivity contribution in [3.8, 4) is 11.5 Å². The van der Waals surface area contributed by atoms with E-state index in [-0.39, 0.29) is 5.41 Å². The van der Waals surface area contributed by atoms with Crippen molar-refractivity contribution in [1.82, 2.24) is 0 Å². The third-order valence-electron chi connectivity index (χ3n) is 3.11. The van der Waals surface area contributed by atoms with Crippen LogP contribution in [0.2, 0.25) is 0 Å². The second-order valence-electron chi connectivity index (χ2n) is 5.05. The van der Waals surface area contributed by atoms with Gasteiger partial charge in [0.05, 0.1) is 14.2 Å². The molecule has 0 aliphatic carbocycles. The van der Waals surface area contributed by atoms with Crippen LogP contribution in [-0.2, 0) is 6.42 Å². The maximum Gasteiger partial charge on any atom is 0.122 e. The summed E-state index contributed by atoms with van der Waals surface area (Å²) in [6.07, 6.45) is 1.98. The molecule has 17 heavy (non-hydrogen) atoms. The van der Waals surface area contributed by atoms with E-state index in [0.29, 0.717) is 6.54 Å². The maximum absolute atomic E-state index is 5.74. The average Bonchev–Trinajstić information content (AvgIpc) is 2.36. The lowest BCUT2D eigenvalue weighted by molar-refractivity contribution is 0.342. The highest BCUT2D eigenvalue weighted by atomic mass is 16.5. The largest absolute Gasteiger partial charge is 0.497 e. The van der Waals surface area contributed by atoms with Gasteiger partial charge in [0.2, 0.25) is 0 Å². The zero-order chi connectivity index (χ0) is 12.9. The molecule has 1 aromatic carbocycles. The van der Waals surface area contributed by atoms with Crippen molar-refractivity contribution >= 4 is 0 Å². The van der Waals surface area contributed by atoms with Gasteiger partial charge >= 0.3 is 0 Å². The zero-order valence-electron chi connectivity index (χ0n) is 11.2. The van der Waals surface area contributed by atoms with Crippen LogP contribution < -0.4 is 15.2 Å². The molecule has 3 heteroatoms. The fourth-order valence-electron chi connectivity index (χ4n) is 1.65. The molecule has 96 valence electrons. The Morgan fingerprint density at radius 3 is 2.41 bits per heavy atom. The van der Waals surface area contributed by atoms with E-state index in [9.17, 15) is 0 Å². The van der Waals surface area contributed by atoms with Gasteiger partial charge in [0.1, 0.15) is 11.5 Å². The minimum atomic E-state index is 0.161. The summed E-state index contributed by atoms with van der Waals surface area (Å²) in [5, 5.41) is 0. The zero-order valence-corrected chi connectivity index (χ0v) is 11.2. The first-order chi connectivity index (χ1) is 8.02. The molecule has 1 aromatic rings. The molecule has 1 rings (SSSR count). The molecular formula is C14H23NO2. The molecule has 0 saturated carbocycles. The van der Waals surface area contributed by atoms with Crippen LogP contribution in [0.1, 0.15) is 25.8 Å². The topological polar surface area (TPSA) is 44.5 Å². The SMILES string of the molecule is COc1ccc(OC)c(CCC(C)(C)CN)c1.